The highest BCUT2D eigenvalue weighted by atomic mass is 15.2. The van der Waals surface area contributed by atoms with Gasteiger partial charge in [0.25, 0.3) is 0 Å². The van der Waals surface area contributed by atoms with Gasteiger partial charge in [-0.2, -0.15) is 5.26 Å². The summed E-state index contributed by atoms with van der Waals surface area (Å²) in [7, 11) is 1.88. The average molecular weight is 259 g/mol. The van der Waals surface area contributed by atoms with Crippen molar-refractivity contribution in [3.63, 3.8) is 0 Å². The standard InChI is InChI=1S/C14H21N5/c1-11-4-7-19(8-5-11)14-10-13(16-12(2)17-14)18(3)9-6-15/h10-11H,4-5,7-9H2,1-3H3. The molecule has 0 bridgehead atoms. The van der Waals surface area contributed by atoms with Gasteiger partial charge in [-0.05, 0) is 25.7 Å². The van der Waals surface area contributed by atoms with Crippen molar-refractivity contribution in [1.82, 2.24) is 9.97 Å². The minimum atomic E-state index is 0.340. The second kappa shape index (κ2) is 5.87. The highest BCUT2D eigenvalue weighted by Crippen LogP contribution is 2.23. The molecule has 102 valence electrons. The van der Waals surface area contributed by atoms with E-state index < -0.39 is 0 Å². The van der Waals surface area contributed by atoms with E-state index in [9.17, 15) is 0 Å². The molecule has 0 N–H and O–H groups in total. The minimum Gasteiger partial charge on any atom is -0.356 e. The molecule has 0 unspecified atom stereocenters. The molecule has 5 nitrogen and oxygen atoms in total. The summed E-state index contributed by atoms with van der Waals surface area (Å²) in [6.45, 7) is 6.65. The number of hydrogen-bond donors (Lipinski definition) is 0. The fourth-order valence-electron chi connectivity index (χ4n) is 2.32. The van der Waals surface area contributed by atoms with Gasteiger partial charge in [-0.3, -0.25) is 0 Å². The number of nitrogens with zero attached hydrogens (tertiary/aromatic N) is 5. The Morgan fingerprint density at radius 3 is 2.74 bits per heavy atom. The summed E-state index contributed by atoms with van der Waals surface area (Å²) in [6.07, 6.45) is 2.43. The number of aryl methyl sites for hydroxylation is 1. The Morgan fingerprint density at radius 1 is 1.42 bits per heavy atom. The Morgan fingerprint density at radius 2 is 2.11 bits per heavy atom. The predicted molar refractivity (Wildman–Crippen MR) is 76.3 cm³/mol. The molecule has 1 aromatic rings. The van der Waals surface area contributed by atoms with Crippen molar-refractivity contribution in [3.05, 3.63) is 11.9 Å². The van der Waals surface area contributed by atoms with Crippen molar-refractivity contribution in [3.8, 4) is 6.07 Å². The molecule has 2 heterocycles. The van der Waals surface area contributed by atoms with Gasteiger partial charge in [0, 0.05) is 26.2 Å². The number of piperidine rings is 1. The largest absolute Gasteiger partial charge is 0.356 e. The molecule has 5 heteroatoms. The summed E-state index contributed by atoms with van der Waals surface area (Å²) in [6, 6.07) is 4.13. The van der Waals surface area contributed by atoms with Gasteiger partial charge < -0.3 is 9.80 Å². The third kappa shape index (κ3) is 3.34. The van der Waals surface area contributed by atoms with E-state index in [4.69, 9.17) is 5.26 Å². The molecule has 0 radical (unpaired) electrons. The highest BCUT2D eigenvalue weighted by Gasteiger charge is 2.18. The van der Waals surface area contributed by atoms with Gasteiger partial charge in [0.2, 0.25) is 0 Å². The molecule has 0 aliphatic carbocycles. The van der Waals surface area contributed by atoms with E-state index in [1.54, 1.807) is 0 Å². The maximum Gasteiger partial charge on any atom is 0.134 e. The van der Waals surface area contributed by atoms with Crippen LogP contribution in [0.3, 0.4) is 0 Å². The summed E-state index contributed by atoms with van der Waals surface area (Å²) >= 11 is 0. The molecule has 0 spiro atoms. The number of hydrogen-bond acceptors (Lipinski definition) is 5. The van der Waals surface area contributed by atoms with E-state index in [1.807, 2.05) is 24.9 Å². The van der Waals surface area contributed by atoms with Crippen molar-refractivity contribution in [2.75, 3.05) is 36.5 Å². The summed E-state index contributed by atoms with van der Waals surface area (Å²) in [5.41, 5.74) is 0. The lowest BCUT2D eigenvalue weighted by molar-refractivity contribution is 0.436. The zero-order valence-corrected chi connectivity index (χ0v) is 11.9. The molecule has 0 amide bonds. The van der Waals surface area contributed by atoms with Gasteiger partial charge in [0.15, 0.2) is 0 Å². The lowest BCUT2D eigenvalue weighted by Gasteiger charge is -2.31. The van der Waals surface area contributed by atoms with Crippen LogP contribution < -0.4 is 9.80 Å². The molecule has 0 aromatic carbocycles. The lowest BCUT2D eigenvalue weighted by Crippen LogP contribution is -2.34. The van der Waals surface area contributed by atoms with Crippen molar-refractivity contribution < 1.29 is 0 Å². The number of anilines is 2. The van der Waals surface area contributed by atoms with Crippen LogP contribution in [0, 0.1) is 24.2 Å². The monoisotopic (exact) mass is 259 g/mol. The van der Waals surface area contributed by atoms with E-state index >= 15 is 0 Å². The van der Waals surface area contributed by atoms with Gasteiger partial charge in [-0.25, -0.2) is 9.97 Å². The van der Waals surface area contributed by atoms with E-state index in [2.05, 4.69) is 27.9 Å². The lowest BCUT2D eigenvalue weighted by atomic mass is 9.99. The fraction of sp³-hybridized carbons (Fsp3) is 0.643. The molecule has 0 atom stereocenters. The molecule has 0 saturated carbocycles. The van der Waals surface area contributed by atoms with Crippen LogP contribution >= 0.6 is 0 Å². The molecular formula is C14H21N5. The molecular weight excluding hydrogens is 238 g/mol. The van der Waals surface area contributed by atoms with Crippen LogP contribution in [0.15, 0.2) is 6.07 Å². The van der Waals surface area contributed by atoms with Crippen LogP contribution in [-0.2, 0) is 0 Å². The van der Waals surface area contributed by atoms with E-state index in [0.717, 1.165) is 36.5 Å². The first-order valence-corrected chi connectivity index (χ1v) is 6.79. The van der Waals surface area contributed by atoms with E-state index in [1.165, 1.54) is 12.8 Å². The quantitative estimate of drug-likeness (QED) is 0.777. The Kier molecular flexibility index (Phi) is 4.20. The molecule has 19 heavy (non-hydrogen) atoms. The number of nitriles is 1. The van der Waals surface area contributed by atoms with Crippen LogP contribution in [-0.4, -0.2) is 36.6 Å². The fourth-order valence-corrected chi connectivity index (χ4v) is 2.32. The van der Waals surface area contributed by atoms with Gasteiger partial charge in [0.05, 0.1) is 6.07 Å². The van der Waals surface area contributed by atoms with E-state index in [-0.39, 0.29) is 0 Å². The number of aromatic nitrogens is 2. The van der Waals surface area contributed by atoms with Crippen LogP contribution in [0.4, 0.5) is 11.6 Å². The molecule has 1 saturated heterocycles. The van der Waals surface area contributed by atoms with E-state index in [0.29, 0.717) is 6.54 Å². The zero-order valence-electron chi connectivity index (χ0n) is 11.9. The van der Waals surface area contributed by atoms with Crippen molar-refractivity contribution in [1.29, 1.82) is 5.26 Å². The van der Waals surface area contributed by atoms with Crippen molar-refractivity contribution in [2.24, 2.45) is 5.92 Å². The topological polar surface area (TPSA) is 56.1 Å². The molecule has 1 aliphatic heterocycles. The first-order chi connectivity index (χ1) is 9.10. The molecule has 2 rings (SSSR count). The second-order valence-electron chi connectivity index (χ2n) is 5.32. The van der Waals surface area contributed by atoms with Crippen LogP contribution in [0.5, 0.6) is 0 Å². The highest BCUT2D eigenvalue weighted by molar-refractivity contribution is 5.51. The third-order valence-corrected chi connectivity index (χ3v) is 3.62. The molecule has 1 aliphatic rings. The first kappa shape index (κ1) is 13.6. The summed E-state index contributed by atoms with van der Waals surface area (Å²) in [5, 5.41) is 8.77. The predicted octanol–water partition coefficient (Wildman–Crippen LogP) is 1.98. The normalized spacial score (nSPS) is 16.2. The first-order valence-electron chi connectivity index (χ1n) is 6.79. The molecule has 1 fully saturated rings. The van der Waals surface area contributed by atoms with Crippen LogP contribution in [0.25, 0.3) is 0 Å². The maximum atomic E-state index is 8.77. The Labute approximate surface area is 114 Å². The molecule has 1 aromatic heterocycles. The van der Waals surface area contributed by atoms with Crippen LogP contribution in [0.2, 0.25) is 0 Å². The van der Waals surface area contributed by atoms with Crippen LogP contribution in [0.1, 0.15) is 25.6 Å². The average Bonchev–Trinajstić information content (AvgIpc) is 2.39. The van der Waals surface area contributed by atoms with Crippen molar-refractivity contribution in [2.45, 2.75) is 26.7 Å². The van der Waals surface area contributed by atoms with Gasteiger partial charge in [-0.15, -0.1) is 0 Å². The third-order valence-electron chi connectivity index (χ3n) is 3.62. The smallest absolute Gasteiger partial charge is 0.134 e. The maximum absolute atomic E-state index is 8.77. The Bertz CT molecular complexity index is 471. The number of rotatable bonds is 3. The van der Waals surface area contributed by atoms with Gasteiger partial charge >= 0.3 is 0 Å². The Balaban J connectivity index is 2.19. The zero-order chi connectivity index (χ0) is 13.8. The van der Waals surface area contributed by atoms with Gasteiger partial charge in [-0.1, -0.05) is 6.92 Å². The summed E-state index contributed by atoms with van der Waals surface area (Å²) < 4.78 is 0. The van der Waals surface area contributed by atoms with Gasteiger partial charge in [0.1, 0.15) is 24.0 Å². The minimum absolute atomic E-state index is 0.340. The SMILES string of the molecule is Cc1nc(N(C)CC#N)cc(N2CCC(C)CC2)n1. The Hall–Kier alpha value is -1.83. The van der Waals surface area contributed by atoms with Crippen molar-refractivity contribution >= 4 is 11.6 Å². The summed E-state index contributed by atoms with van der Waals surface area (Å²) in [5.74, 6) is 3.37. The second-order valence-corrected chi connectivity index (χ2v) is 5.32. The summed E-state index contributed by atoms with van der Waals surface area (Å²) in [4.78, 5) is 13.1.